The van der Waals surface area contributed by atoms with Crippen LogP contribution in [0.25, 0.3) is 0 Å². The molecule has 1 aliphatic carbocycles. The molecule has 0 spiro atoms. The molecule has 0 aromatic rings. The Labute approximate surface area is 101 Å². The number of amides is 1. The molecule has 0 heterocycles. The summed E-state index contributed by atoms with van der Waals surface area (Å²) in [4.78, 5) is 11.5. The van der Waals surface area contributed by atoms with Gasteiger partial charge in [-0.05, 0) is 26.3 Å². The lowest BCUT2D eigenvalue weighted by atomic mass is 9.98. The number of hydrogen-bond acceptors (Lipinski definition) is 3. The van der Waals surface area contributed by atoms with Gasteiger partial charge in [-0.1, -0.05) is 18.2 Å². The van der Waals surface area contributed by atoms with Crippen molar-refractivity contribution in [2.45, 2.75) is 38.6 Å². The Hall–Kier alpha value is -1.36. The molecule has 0 bridgehead atoms. The van der Waals surface area contributed by atoms with Gasteiger partial charge in [0.15, 0.2) is 0 Å². The third-order valence-electron chi connectivity index (χ3n) is 2.22. The zero-order chi connectivity index (χ0) is 13.1. The SMILES string of the molecule is CC(C)(C)OC(=O)NC1C=CC=C(CN)C1F. The lowest BCUT2D eigenvalue weighted by molar-refractivity contribution is 0.0497. The van der Waals surface area contributed by atoms with Crippen molar-refractivity contribution in [2.24, 2.45) is 5.73 Å². The molecule has 0 saturated heterocycles. The van der Waals surface area contributed by atoms with Gasteiger partial charge in [0.05, 0.1) is 6.04 Å². The monoisotopic (exact) mass is 242 g/mol. The van der Waals surface area contributed by atoms with E-state index in [0.717, 1.165) is 0 Å². The summed E-state index contributed by atoms with van der Waals surface area (Å²) in [6, 6.07) is -0.714. The molecule has 0 aromatic carbocycles. The largest absolute Gasteiger partial charge is 0.444 e. The van der Waals surface area contributed by atoms with E-state index in [2.05, 4.69) is 5.32 Å². The van der Waals surface area contributed by atoms with Crippen molar-refractivity contribution in [2.75, 3.05) is 6.54 Å². The summed E-state index contributed by atoms with van der Waals surface area (Å²) < 4.78 is 18.9. The summed E-state index contributed by atoms with van der Waals surface area (Å²) >= 11 is 0. The first-order valence-corrected chi connectivity index (χ1v) is 5.54. The minimum atomic E-state index is -1.29. The van der Waals surface area contributed by atoms with Crippen molar-refractivity contribution in [3.05, 3.63) is 23.8 Å². The van der Waals surface area contributed by atoms with Gasteiger partial charge in [-0.2, -0.15) is 0 Å². The number of carbonyl (C=O) groups is 1. The average molecular weight is 242 g/mol. The Morgan fingerprint density at radius 2 is 2.24 bits per heavy atom. The number of ether oxygens (including phenoxy) is 1. The molecule has 0 saturated carbocycles. The van der Waals surface area contributed by atoms with Gasteiger partial charge in [0.2, 0.25) is 0 Å². The molecule has 1 aliphatic rings. The fourth-order valence-electron chi connectivity index (χ4n) is 1.46. The number of carbonyl (C=O) groups excluding carboxylic acids is 1. The minimum Gasteiger partial charge on any atom is -0.444 e. The maximum absolute atomic E-state index is 13.8. The molecule has 1 amide bonds. The number of alkyl carbamates (subject to hydrolysis) is 1. The van der Waals surface area contributed by atoms with Gasteiger partial charge in [-0.25, -0.2) is 9.18 Å². The summed E-state index contributed by atoms with van der Waals surface area (Å²) in [6.07, 6.45) is 2.96. The Morgan fingerprint density at radius 1 is 1.59 bits per heavy atom. The Kier molecular flexibility index (Phi) is 4.28. The molecule has 3 N–H and O–H groups in total. The van der Waals surface area contributed by atoms with E-state index >= 15 is 0 Å². The maximum atomic E-state index is 13.8. The van der Waals surface area contributed by atoms with Crippen LogP contribution < -0.4 is 11.1 Å². The number of nitrogens with one attached hydrogen (secondary N) is 1. The van der Waals surface area contributed by atoms with Crippen LogP contribution in [0, 0.1) is 0 Å². The Balaban J connectivity index is 2.56. The molecular formula is C12H19FN2O2. The molecule has 0 aromatic heterocycles. The van der Waals surface area contributed by atoms with Crippen molar-refractivity contribution in [3.8, 4) is 0 Å². The number of hydrogen-bond donors (Lipinski definition) is 2. The predicted octanol–water partition coefficient (Wildman–Crippen LogP) is 1.67. The van der Waals surface area contributed by atoms with Crippen LogP contribution in [0.1, 0.15) is 20.8 Å². The maximum Gasteiger partial charge on any atom is 0.408 e. The first kappa shape index (κ1) is 13.7. The lowest BCUT2D eigenvalue weighted by Crippen LogP contribution is -2.45. The molecular weight excluding hydrogens is 223 g/mol. The second-order valence-electron chi connectivity index (χ2n) is 4.90. The minimum absolute atomic E-state index is 0.137. The highest BCUT2D eigenvalue weighted by atomic mass is 19.1. The Morgan fingerprint density at radius 3 is 2.76 bits per heavy atom. The van der Waals surface area contributed by atoms with Crippen LogP contribution in [0.2, 0.25) is 0 Å². The van der Waals surface area contributed by atoms with Gasteiger partial charge >= 0.3 is 6.09 Å². The molecule has 96 valence electrons. The van der Waals surface area contributed by atoms with Crippen molar-refractivity contribution < 1.29 is 13.9 Å². The van der Waals surface area contributed by atoms with E-state index in [1.54, 1.807) is 39.0 Å². The van der Waals surface area contributed by atoms with Crippen molar-refractivity contribution in [3.63, 3.8) is 0 Å². The fraction of sp³-hybridized carbons (Fsp3) is 0.583. The number of nitrogens with two attached hydrogens (primary N) is 1. The number of alkyl halides is 1. The van der Waals surface area contributed by atoms with E-state index in [1.165, 1.54) is 0 Å². The molecule has 0 aliphatic heterocycles. The highest BCUT2D eigenvalue weighted by Gasteiger charge is 2.27. The molecule has 0 fully saturated rings. The van der Waals surface area contributed by atoms with Crippen LogP contribution in [0.15, 0.2) is 23.8 Å². The summed E-state index contributed by atoms with van der Waals surface area (Å²) in [5.41, 5.74) is 5.27. The van der Waals surface area contributed by atoms with Gasteiger partial charge in [0.1, 0.15) is 11.8 Å². The van der Waals surface area contributed by atoms with Crippen molar-refractivity contribution in [1.82, 2.24) is 5.32 Å². The lowest BCUT2D eigenvalue weighted by Gasteiger charge is -2.26. The molecule has 2 atom stereocenters. The van der Waals surface area contributed by atoms with Gasteiger partial charge in [0, 0.05) is 6.54 Å². The zero-order valence-corrected chi connectivity index (χ0v) is 10.4. The zero-order valence-electron chi connectivity index (χ0n) is 10.4. The summed E-state index contributed by atoms with van der Waals surface area (Å²) in [5, 5.41) is 2.47. The van der Waals surface area contributed by atoms with Gasteiger partial charge < -0.3 is 15.8 Å². The van der Waals surface area contributed by atoms with Crippen LogP contribution in [0.5, 0.6) is 0 Å². The van der Waals surface area contributed by atoms with E-state index in [0.29, 0.717) is 5.57 Å². The molecule has 17 heavy (non-hydrogen) atoms. The molecule has 4 nitrogen and oxygen atoms in total. The number of halogens is 1. The normalized spacial score (nSPS) is 24.2. The third kappa shape index (κ3) is 4.19. The second kappa shape index (κ2) is 5.31. The molecule has 0 radical (unpaired) electrons. The fourth-order valence-corrected chi connectivity index (χ4v) is 1.46. The van der Waals surface area contributed by atoms with Gasteiger partial charge in [-0.3, -0.25) is 0 Å². The summed E-state index contributed by atoms with van der Waals surface area (Å²) in [7, 11) is 0. The quantitative estimate of drug-likeness (QED) is 0.774. The summed E-state index contributed by atoms with van der Waals surface area (Å²) in [6.45, 7) is 5.39. The standard InChI is InChI=1S/C12H19FN2O2/c1-12(2,3)17-11(16)15-9-6-4-5-8(7-14)10(9)13/h4-6,9-10H,7,14H2,1-3H3,(H,15,16). The van der Waals surface area contributed by atoms with E-state index in [4.69, 9.17) is 10.5 Å². The van der Waals surface area contributed by atoms with Crippen LogP contribution in [-0.4, -0.2) is 30.5 Å². The number of rotatable bonds is 2. The third-order valence-corrected chi connectivity index (χ3v) is 2.22. The van der Waals surface area contributed by atoms with Gasteiger partial charge in [0.25, 0.3) is 0 Å². The van der Waals surface area contributed by atoms with Gasteiger partial charge in [-0.15, -0.1) is 0 Å². The van der Waals surface area contributed by atoms with Crippen LogP contribution in [0.3, 0.4) is 0 Å². The van der Waals surface area contributed by atoms with E-state index in [1.807, 2.05) is 0 Å². The number of allylic oxidation sites excluding steroid dienone is 2. The highest BCUT2D eigenvalue weighted by molar-refractivity contribution is 5.68. The Bertz CT molecular complexity index is 345. The summed E-state index contributed by atoms with van der Waals surface area (Å²) in [5.74, 6) is 0. The van der Waals surface area contributed by atoms with Crippen LogP contribution >= 0.6 is 0 Å². The molecule has 2 unspecified atom stereocenters. The second-order valence-corrected chi connectivity index (χ2v) is 4.90. The topological polar surface area (TPSA) is 64.3 Å². The van der Waals surface area contributed by atoms with Crippen LogP contribution in [0.4, 0.5) is 9.18 Å². The molecule has 1 rings (SSSR count). The average Bonchev–Trinajstić information content (AvgIpc) is 2.18. The highest BCUT2D eigenvalue weighted by Crippen LogP contribution is 2.17. The molecule has 5 heteroatoms. The first-order valence-electron chi connectivity index (χ1n) is 5.54. The predicted molar refractivity (Wildman–Crippen MR) is 64.3 cm³/mol. The van der Waals surface area contributed by atoms with Crippen LogP contribution in [-0.2, 0) is 4.74 Å². The van der Waals surface area contributed by atoms with E-state index in [-0.39, 0.29) is 6.54 Å². The van der Waals surface area contributed by atoms with E-state index < -0.39 is 23.9 Å². The smallest absolute Gasteiger partial charge is 0.408 e. The first-order chi connectivity index (χ1) is 7.83. The van der Waals surface area contributed by atoms with Crippen molar-refractivity contribution >= 4 is 6.09 Å². The van der Waals surface area contributed by atoms with E-state index in [9.17, 15) is 9.18 Å². The van der Waals surface area contributed by atoms with Crippen molar-refractivity contribution in [1.29, 1.82) is 0 Å².